The van der Waals surface area contributed by atoms with Gasteiger partial charge in [0.25, 0.3) is 0 Å². The lowest BCUT2D eigenvalue weighted by Crippen LogP contribution is -2.46. The molecule has 250 valence electrons. The number of halogens is 2. The second-order valence-corrected chi connectivity index (χ2v) is 12.6. The van der Waals surface area contributed by atoms with Gasteiger partial charge in [0, 0.05) is 62.2 Å². The summed E-state index contributed by atoms with van der Waals surface area (Å²) in [5.74, 6) is -0.441. The molecule has 3 aromatic carbocycles. The highest BCUT2D eigenvalue weighted by Gasteiger charge is 2.45. The summed E-state index contributed by atoms with van der Waals surface area (Å²) < 4.78 is 24.2. The van der Waals surface area contributed by atoms with Gasteiger partial charge in [0.2, 0.25) is 5.79 Å². The molecule has 2 fully saturated rings. The first-order chi connectivity index (χ1) is 23.2. The van der Waals surface area contributed by atoms with Crippen LogP contribution in [0.15, 0.2) is 89.0 Å². The van der Waals surface area contributed by atoms with Gasteiger partial charge in [0.15, 0.2) is 0 Å². The van der Waals surface area contributed by atoms with Gasteiger partial charge in [-0.1, -0.05) is 29.3 Å². The number of rotatable bonds is 9. The fourth-order valence-electron chi connectivity index (χ4n) is 6.11. The zero-order chi connectivity index (χ0) is 33.4. The number of anilines is 2. The molecule has 0 unspecified atom stereocenters. The number of ether oxygens (including phenoxy) is 3. The van der Waals surface area contributed by atoms with Crippen molar-refractivity contribution in [1.82, 2.24) is 28.7 Å². The summed E-state index contributed by atoms with van der Waals surface area (Å²) in [6.45, 7) is 4.20. The largest absolute Gasteiger partial charge is 0.491 e. The summed E-state index contributed by atoms with van der Waals surface area (Å²) >= 11 is 12.7. The highest BCUT2D eigenvalue weighted by molar-refractivity contribution is 6.35. The monoisotopic (exact) mass is 692 g/mol. The van der Waals surface area contributed by atoms with Crippen molar-refractivity contribution >= 4 is 34.6 Å². The minimum Gasteiger partial charge on any atom is -0.491 e. The van der Waals surface area contributed by atoms with E-state index in [-0.39, 0.29) is 30.6 Å². The maximum atomic E-state index is 12.5. The first-order valence-corrected chi connectivity index (χ1v) is 16.2. The minimum absolute atomic E-state index is 0.258. The van der Waals surface area contributed by atoms with E-state index < -0.39 is 5.79 Å². The minimum atomic E-state index is -1.17. The average Bonchev–Trinajstić information content (AvgIpc) is 3.81. The third kappa shape index (κ3) is 6.21. The number of benzene rings is 3. The molecule has 48 heavy (non-hydrogen) atoms. The van der Waals surface area contributed by atoms with Crippen molar-refractivity contribution in [3.63, 3.8) is 0 Å². The summed E-state index contributed by atoms with van der Waals surface area (Å²) in [4.78, 5) is 33.6. The molecule has 0 bridgehead atoms. The van der Waals surface area contributed by atoms with Crippen molar-refractivity contribution in [3.05, 3.63) is 116 Å². The summed E-state index contributed by atoms with van der Waals surface area (Å²) in [6, 6.07) is 20.8. The van der Waals surface area contributed by atoms with Gasteiger partial charge in [0.05, 0.1) is 17.3 Å². The summed E-state index contributed by atoms with van der Waals surface area (Å²) in [5.41, 5.74) is 2.62. The van der Waals surface area contributed by atoms with Crippen molar-refractivity contribution < 1.29 is 14.2 Å². The molecule has 2 atom stereocenters. The SMILES string of the molecule is Cn1c(=O)n(-c2ccc(N3CCN(c4ccc(OC[C@@H]5CO[C@@](Cn6cncn6)(c6ccc(Cl)cc6Cl)O5)cc4)CC3)cc2)c(=O)n1C. The predicted octanol–water partition coefficient (Wildman–Crippen LogP) is 3.45. The predicted molar refractivity (Wildman–Crippen MR) is 182 cm³/mol. The number of hydrogen-bond donors (Lipinski definition) is 0. The lowest BCUT2D eigenvalue weighted by atomic mass is 10.1. The molecule has 2 aliphatic heterocycles. The van der Waals surface area contributed by atoms with Crippen LogP contribution in [0.2, 0.25) is 10.0 Å². The molecule has 0 amide bonds. The van der Waals surface area contributed by atoms with Crippen molar-refractivity contribution in [3.8, 4) is 11.4 Å². The van der Waals surface area contributed by atoms with Crippen LogP contribution in [0.25, 0.3) is 5.69 Å². The van der Waals surface area contributed by atoms with E-state index in [0.29, 0.717) is 27.9 Å². The highest BCUT2D eigenvalue weighted by atomic mass is 35.5. The van der Waals surface area contributed by atoms with E-state index in [1.54, 1.807) is 43.3 Å². The maximum absolute atomic E-state index is 12.5. The van der Waals surface area contributed by atoms with Crippen LogP contribution in [0.4, 0.5) is 11.4 Å². The Kier molecular flexibility index (Phi) is 8.77. The molecule has 13 nitrogen and oxygen atoms in total. The summed E-state index contributed by atoms with van der Waals surface area (Å²) in [7, 11) is 3.14. The molecule has 0 spiro atoms. The zero-order valence-electron chi connectivity index (χ0n) is 26.4. The van der Waals surface area contributed by atoms with Gasteiger partial charge in [-0.2, -0.15) is 5.10 Å². The van der Waals surface area contributed by atoms with Gasteiger partial charge in [-0.25, -0.2) is 33.2 Å². The van der Waals surface area contributed by atoms with Crippen LogP contribution in [0.1, 0.15) is 5.56 Å². The number of aromatic nitrogens is 6. The first-order valence-electron chi connectivity index (χ1n) is 15.5. The number of nitrogens with zero attached hydrogens (tertiary/aromatic N) is 8. The molecule has 2 saturated heterocycles. The van der Waals surface area contributed by atoms with Gasteiger partial charge in [0.1, 0.15) is 37.7 Å². The van der Waals surface area contributed by atoms with Crippen LogP contribution in [0.5, 0.6) is 5.75 Å². The quantitative estimate of drug-likeness (QED) is 0.229. The Labute approximate surface area is 286 Å². The molecule has 5 aromatic rings. The molecule has 0 N–H and O–H groups in total. The number of hydrogen-bond acceptors (Lipinski definition) is 9. The molecule has 0 radical (unpaired) electrons. The van der Waals surface area contributed by atoms with E-state index in [0.717, 1.165) is 43.3 Å². The summed E-state index contributed by atoms with van der Waals surface area (Å²) in [6.07, 6.45) is 2.71. The second-order valence-electron chi connectivity index (χ2n) is 11.8. The van der Waals surface area contributed by atoms with Gasteiger partial charge in [-0.3, -0.25) is 0 Å². The smallest absolute Gasteiger partial charge is 0.351 e. The number of piperazine rings is 1. The Morgan fingerprint density at radius 3 is 2.04 bits per heavy atom. The second kappa shape index (κ2) is 13.2. The van der Waals surface area contributed by atoms with Crippen LogP contribution >= 0.6 is 23.2 Å². The van der Waals surface area contributed by atoms with Gasteiger partial charge in [-0.05, 0) is 60.7 Å². The molecule has 7 rings (SSSR count). The van der Waals surface area contributed by atoms with Gasteiger partial charge in [-0.15, -0.1) is 0 Å². The third-order valence-electron chi connectivity index (χ3n) is 8.81. The van der Waals surface area contributed by atoms with Crippen molar-refractivity contribution in [2.45, 2.75) is 18.4 Å². The van der Waals surface area contributed by atoms with E-state index in [1.807, 2.05) is 36.4 Å². The molecular formula is C33H34Cl2N8O5. The van der Waals surface area contributed by atoms with Crippen LogP contribution < -0.4 is 25.9 Å². The topological polar surface area (TPSA) is 114 Å². The fraction of sp³-hybridized carbons (Fsp3) is 0.333. The fourth-order valence-corrected chi connectivity index (χ4v) is 6.66. The van der Waals surface area contributed by atoms with Crippen molar-refractivity contribution in [2.24, 2.45) is 14.1 Å². The molecular weight excluding hydrogens is 659 g/mol. The molecule has 0 aliphatic carbocycles. The Balaban J connectivity index is 0.939. The first kappa shape index (κ1) is 32.0. The Hall–Kier alpha value is -4.56. The van der Waals surface area contributed by atoms with Crippen LogP contribution in [0, 0.1) is 0 Å². The van der Waals surface area contributed by atoms with E-state index in [1.165, 1.54) is 20.3 Å². The van der Waals surface area contributed by atoms with E-state index >= 15 is 0 Å². The molecule has 2 aromatic heterocycles. The molecule has 15 heteroatoms. The van der Waals surface area contributed by atoms with E-state index in [2.05, 4.69) is 32.0 Å². The van der Waals surface area contributed by atoms with Gasteiger partial charge < -0.3 is 24.0 Å². The van der Waals surface area contributed by atoms with Crippen LogP contribution in [-0.4, -0.2) is 74.2 Å². The standard InChI is InChI=1S/C33H34Cl2N8O5/c1-38-31(44)43(32(45)39(38)2)26-6-4-24(5-7-26)40-13-15-41(16-14-40)25-8-10-27(11-9-25)46-18-28-19-47-33(48-28,20-42-22-36-21-37-42)29-12-3-23(34)17-30(29)35/h3-12,17,21-22,28H,13-16,18-20H2,1-2H3/t28-,33-/m1/s1. The Morgan fingerprint density at radius 1 is 0.854 bits per heavy atom. The lowest BCUT2D eigenvalue weighted by Gasteiger charge is -2.37. The van der Waals surface area contributed by atoms with Crippen molar-refractivity contribution in [1.29, 1.82) is 0 Å². The van der Waals surface area contributed by atoms with Crippen LogP contribution in [0.3, 0.4) is 0 Å². The highest BCUT2D eigenvalue weighted by Crippen LogP contribution is 2.40. The third-order valence-corrected chi connectivity index (χ3v) is 9.36. The lowest BCUT2D eigenvalue weighted by molar-refractivity contribution is -0.190. The zero-order valence-corrected chi connectivity index (χ0v) is 27.9. The molecule has 2 aliphatic rings. The van der Waals surface area contributed by atoms with Crippen LogP contribution in [-0.2, 0) is 35.9 Å². The normalized spacial score (nSPS) is 19.6. The molecule has 0 saturated carbocycles. The Bertz CT molecular complexity index is 1970. The van der Waals surface area contributed by atoms with Gasteiger partial charge >= 0.3 is 11.4 Å². The summed E-state index contributed by atoms with van der Waals surface area (Å²) in [5, 5.41) is 5.18. The average molecular weight is 694 g/mol. The Morgan fingerprint density at radius 2 is 1.46 bits per heavy atom. The maximum Gasteiger partial charge on any atom is 0.351 e. The van der Waals surface area contributed by atoms with E-state index in [4.69, 9.17) is 37.4 Å². The van der Waals surface area contributed by atoms with E-state index in [9.17, 15) is 9.59 Å². The van der Waals surface area contributed by atoms with Crippen molar-refractivity contribution in [2.75, 3.05) is 49.2 Å². The molecule has 4 heterocycles.